The summed E-state index contributed by atoms with van der Waals surface area (Å²) in [7, 11) is 0. The van der Waals surface area contributed by atoms with Gasteiger partial charge in [-0.25, -0.2) is 0 Å². The second kappa shape index (κ2) is 6.98. The van der Waals surface area contributed by atoms with E-state index in [1.807, 2.05) is 19.9 Å². The maximum absolute atomic E-state index is 11.7. The van der Waals surface area contributed by atoms with Crippen LogP contribution in [0, 0.1) is 6.92 Å². The van der Waals surface area contributed by atoms with Crippen LogP contribution in [0.5, 0.6) is 0 Å². The van der Waals surface area contributed by atoms with E-state index in [0.717, 1.165) is 18.4 Å². The molecule has 0 radical (unpaired) electrons. The number of hydrogen-bond acceptors (Lipinski definition) is 2. The van der Waals surface area contributed by atoms with Gasteiger partial charge in [-0.3, -0.25) is 4.79 Å². The number of nitrogens with two attached hydrogens (primary N) is 1. The van der Waals surface area contributed by atoms with Gasteiger partial charge in [0.05, 0.1) is 15.7 Å². The van der Waals surface area contributed by atoms with E-state index in [1.54, 1.807) is 6.07 Å². The number of halogens is 2. The van der Waals surface area contributed by atoms with E-state index in [0.29, 0.717) is 22.2 Å². The highest BCUT2D eigenvalue weighted by Gasteiger charge is 2.11. The smallest absolute Gasteiger partial charge is 0.224 e. The van der Waals surface area contributed by atoms with Crippen molar-refractivity contribution in [3.8, 4) is 0 Å². The molecule has 3 nitrogen and oxygen atoms in total. The molecule has 0 saturated heterocycles. The average molecular weight is 289 g/mol. The molecule has 5 heteroatoms. The zero-order valence-corrected chi connectivity index (χ0v) is 12.1. The van der Waals surface area contributed by atoms with Crippen molar-refractivity contribution in [2.24, 2.45) is 5.73 Å². The maximum Gasteiger partial charge on any atom is 0.224 e. The largest absolute Gasteiger partial charge is 0.328 e. The van der Waals surface area contributed by atoms with Gasteiger partial charge >= 0.3 is 0 Å². The maximum atomic E-state index is 11.7. The molecule has 0 fully saturated rings. The monoisotopic (exact) mass is 288 g/mol. The van der Waals surface area contributed by atoms with Gasteiger partial charge in [0.2, 0.25) is 5.91 Å². The van der Waals surface area contributed by atoms with Crippen molar-refractivity contribution in [2.45, 2.75) is 39.2 Å². The Morgan fingerprint density at radius 1 is 1.44 bits per heavy atom. The molecule has 1 aromatic carbocycles. The molecule has 1 rings (SSSR count). The van der Waals surface area contributed by atoms with Crippen LogP contribution < -0.4 is 11.1 Å². The zero-order valence-electron chi connectivity index (χ0n) is 10.6. The van der Waals surface area contributed by atoms with Gasteiger partial charge in [0.15, 0.2) is 0 Å². The van der Waals surface area contributed by atoms with Crippen LogP contribution >= 0.6 is 23.2 Å². The van der Waals surface area contributed by atoms with Crippen LogP contribution in [0.15, 0.2) is 12.1 Å². The Kier molecular flexibility index (Phi) is 5.93. The zero-order chi connectivity index (χ0) is 13.7. The predicted octanol–water partition coefficient (Wildman–Crippen LogP) is 3.76. The van der Waals surface area contributed by atoms with Crippen molar-refractivity contribution >= 4 is 34.8 Å². The minimum Gasteiger partial charge on any atom is -0.328 e. The van der Waals surface area contributed by atoms with E-state index in [1.165, 1.54) is 0 Å². The fourth-order valence-corrected chi connectivity index (χ4v) is 2.02. The third-order valence-electron chi connectivity index (χ3n) is 2.61. The molecule has 0 heterocycles. The Labute approximate surface area is 118 Å². The van der Waals surface area contributed by atoms with Crippen LogP contribution in [0.3, 0.4) is 0 Å². The number of benzene rings is 1. The first-order valence-electron chi connectivity index (χ1n) is 5.92. The Balaban J connectivity index is 2.62. The molecule has 0 saturated carbocycles. The van der Waals surface area contributed by atoms with Crippen LogP contribution in [0.25, 0.3) is 0 Å². The Morgan fingerprint density at radius 2 is 2.11 bits per heavy atom. The number of aryl methyl sites for hydroxylation is 1. The summed E-state index contributed by atoms with van der Waals surface area (Å²) in [5, 5.41) is 3.69. The van der Waals surface area contributed by atoms with Crippen molar-refractivity contribution in [3.63, 3.8) is 0 Å². The third kappa shape index (κ3) is 4.48. The van der Waals surface area contributed by atoms with Crippen molar-refractivity contribution in [1.29, 1.82) is 0 Å². The Hall–Kier alpha value is -0.770. The quantitative estimate of drug-likeness (QED) is 0.867. The standard InChI is InChI=1S/C13H18Cl2N2O/c1-8-6-7-10(14)13(12(8)15)17-11(18)5-3-4-9(2)16/h6-7,9H,3-5,16H2,1-2H3,(H,17,18). The van der Waals surface area contributed by atoms with E-state index in [4.69, 9.17) is 28.9 Å². The molecule has 1 atom stereocenters. The van der Waals surface area contributed by atoms with Gasteiger partial charge in [-0.1, -0.05) is 29.3 Å². The van der Waals surface area contributed by atoms with Crippen LogP contribution in [-0.4, -0.2) is 11.9 Å². The van der Waals surface area contributed by atoms with Crippen LogP contribution in [0.1, 0.15) is 31.7 Å². The highest BCUT2D eigenvalue weighted by atomic mass is 35.5. The molecule has 1 aromatic rings. The number of carbonyl (C=O) groups excluding carboxylic acids is 1. The fraction of sp³-hybridized carbons (Fsp3) is 0.462. The summed E-state index contributed by atoms with van der Waals surface area (Å²) in [6, 6.07) is 3.65. The summed E-state index contributed by atoms with van der Waals surface area (Å²) in [5.74, 6) is -0.0925. The summed E-state index contributed by atoms with van der Waals surface area (Å²) < 4.78 is 0. The second-order valence-corrected chi connectivity index (χ2v) is 5.26. The van der Waals surface area contributed by atoms with Gasteiger partial charge in [-0.2, -0.15) is 0 Å². The topological polar surface area (TPSA) is 55.1 Å². The molecular formula is C13H18Cl2N2O. The van der Waals surface area contributed by atoms with Gasteiger partial charge in [0, 0.05) is 12.5 Å². The van der Waals surface area contributed by atoms with Gasteiger partial charge in [-0.05, 0) is 38.3 Å². The highest BCUT2D eigenvalue weighted by molar-refractivity contribution is 6.40. The van der Waals surface area contributed by atoms with E-state index in [-0.39, 0.29) is 11.9 Å². The second-order valence-electron chi connectivity index (χ2n) is 4.47. The van der Waals surface area contributed by atoms with E-state index < -0.39 is 0 Å². The van der Waals surface area contributed by atoms with Gasteiger partial charge in [0.1, 0.15) is 0 Å². The lowest BCUT2D eigenvalue weighted by Gasteiger charge is -2.11. The summed E-state index contributed by atoms with van der Waals surface area (Å²) in [5.41, 5.74) is 7.00. The van der Waals surface area contributed by atoms with E-state index in [2.05, 4.69) is 5.32 Å². The molecule has 0 spiro atoms. The number of anilines is 1. The van der Waals surface area contributed by atoms with Crippen molar-refractivity contribution in [2.75, 3.05) is 5.32 Å². The lowest BCUT2D eigenvalue weighted by Crippen LogP contribution is -2.17. The first-order valence-corrected chi connectivity index (χ1v) is 6.67. The molecular weight excluding hydrogens is 271 g/mol. The normalized spacial score (nSPS) is 12.3. The number of hydrogen-bond donors (Lipinski definition) is 2. The summed E-state index contributed by atoms with van der Waals surface area (Å²) in [6.07, 6.45) is 2.00. The first kappa shape index (κ1) is 15.3. The SMILES string of the molecule is Cc1ccc(Cl)c(NC(=O)CCCC(C)N)c1Cl. The molecule has 0 aromatic heterocycles. The molecule has 18 heavy (non-hydrogen) atoms. The summed E-state index contributed by atoms with van der Waals surface area (Å²) in [4.78, 5) is 11.7. The van der Waals surface area contributed by atoms with Crippen LogP contribution in [0.4, 0.5) is 5.69 Å². The molecule has 100 valence electrons. The number of nitrogens with one attached hydrogen (secondary N) is 1. The van der Waals surface area contributed by atoms with Gasteiger partial charge < -0.3 is 11.1 Å². The summed E-state index contributed by atoms with van der Waals surface area (Å²) in [6.45, 7) is 3.79. The molecule has 0 aliphatic heterocycles. The van der Waals surface area contributed by atoms with Gasteiger partial charge in [-0.15, -0.1) is 0 Å². The molecule has 1 amide bonds. The van der Waals surface area contributed by atoms with Crippen LogP contribution in [-0.2, 0) is 4.79 Å². The predicted molar refractivity (Wildman–Crippen MR) is 77.3 cm³/mol. The Morgan fingerprint density at radius 3 is 2.72 bits per heavy atom. The Bertz CT molecular complexity index is 433. The van der Waals surface area contributed by atoms with Crippen LogP contribution in [0.2, 0.25) is 10.0 Å². The number of amides is 1. The lowest BCUT2D eigenvalue weighted by atomic mass is 10.1. The minimum absolute atomic E-state index is 0.0925. The van der Waals surface area contributed by atoms with Crippen molar-refractivity contribution in [1.82, 2.24) is 0 Å². The average Bonchev–Trinajstić information content (AvgIpc) is 2.29. The third-order valence-corrected chi connectivity index (χ3v) is 3.41. The highest BCUT2D eigenvalue weighted by Crippen LogP contribution is 2.32. The van der Waals surface area contributed by atoms with Gasteiger partial charge in [0.25, 0.3) is 0 Å². The molecule has 1 unspecified atom stereocenters. The van der Waals surface area contributed by atoms with E-state index >= 15 is 0 Å². The molecule has 0 bridgehead atoms. The lowest BCUT2D eigenvalue weighted by molar-refractivity contribution is -0.116. The van der Waals surface area contributed by atoms with Crippen molar-refractivity contribution < 1.29 is 4.79 Å². The summed E-state index contributed by atoms with van der Waals surface area (Å²) >= 11 is 12.1. The fourth-order valence-electron chi connectivity index (χ4n) is 1.56. The minimum atomic E-state index is -0.0925. The van der Waals surface area contributed by atoms with E-state index in [9.17, 15) is 4.79 Å². The first-order chi connectivity index (χ1) is 8.41. The molecule has 3 N–H and O–H groups in total. The molecule has 0 aliphatic rings. The number of carbonyl (C=O) groups is 1. The number of rotatable bonds is 5. The van der Waals surface area contributed by atoms with Crippen molar-refractivity contribution in [3.05, 3.63) is 27.7 Å². The molecule has 0 aliphatic carbocycles.